The Morgan fingerprint density at radius 3 is 1.57 bits per heavy atom. The summed E-state index contributed by atoms with van der Waals surface area (Å²) in [5.74, 6) is 0. The molecule has 0 amide bonds. The van der Waals surface area contributed by atoms with Crippen LogP contribution < -0.4 is 25.5 Å². The van der Waals surface area contributed by atoms with Crippen molar-refractivity contribution in [1.82, 2.24) is 0 Å². The topological polar surface area (TPSA) is 22.9 Å². The number of furan rings is 1. The first-order chi connectivity index (χ1) is 35.6. The zero-order valence-corrected chi connectivity index (χ0v) is 39.7. The predicted molar refractivity (Wildman–Crippen MR) is 303 cm³/mol. The monoisotopic (exact) mass is 919 g/mol. The van der Waals surface area contributed by atoms with Crippen LogP contribution in [0.5, 0.6) is 0 Å². The first-order valence-electron chi connectivity index (χ1n) is 24.8. The quantitative estimate of drug-likeness (QED) is 0.142. The van der Waals surface area contributed by atoms with Crippen molar-refractivity contribution < 1.29 is 4.42 Å². The Hall–Kier alpha value is -9.32. The third-order valence-corrected chi connectivity index (χ3v) is 14.7. The van der Waals surface area contributed by atoms with Crippen LogP contribution in [0.15, 0.2) is 265 Å². The number of para-hydroxylation sites is 3. The summed E-state index contributed by atoms with van der Waals surface area (Å²) < 4.78 is 7.12. The zero-order valence-electron chi connectivity index (χ0n) is 39.7. The van der Waals surface area contributed by atoms with Crippen molar-refractivity contribution in [3.8, 4) is 44.5 Å². The molecule has 11 aromatic carbocycles. The van der Waals surface area contributed by atoms with Crippen molar-refractivity contribution in [2.24, 2.45) is 0 Å². The maximum absolute atomic E-state index is 7.12. The minimum absolute atomic E-state index is 0.250. The van der Waals surface area contributed by atoms with Gasteiger partial charge in [0.1, 0.15) is 11.2 Å². The minimum atomic E-state index is -0.250. The van der Waals surface area contributed by atoms with Crippen molar-refractivity contribution in [2.45, 2.75) is 6.92 Å². The molecule has 3 heterocycles. The average molecular weight is 920 g/mol. The summed E-state index contributed by atoms with van der Waals surface area (Å²) >= 11 is 0. The van der Waals surface area contributed by atoms with Gasteiger partial charge in [-0.05, 0) is 136 Å². The van der Waals surface area contributed by atoms with Crippen LogP contribution in [-0.4, -0.2) is 6.85 Å². The Morgan fingerprint density at radius 2 is 0.931 bits per heavy atom. The maximum Gasteiger partial charge on any atom is 0.333 e. The zero-order chi connectivity index (χ0) is 47.7. The van der Waals surface area contributed by atoms with Gasteiger partial charge < -0.3 is 19.0 Å². The largest absolute Gasteiger partial charge is 0.455 e. The van der Waals surface area contributed by atoms with E-state index in [0.29, 0.717) is 0 Å². The van der Waals surface area contributed by atoms with Gasteiger partial charge in [0, 0.05) is 67.4 Å². The van der Waals surface area contributed by atoms with Gasteiger partial charge >= 0.3 is 6.85 Å². The van der Waals surface area contributed by atoms with Crippen LogP contribution >= 0.6 is 0 Å². The molecule has 0 unspecified atom stereocenters. The molecule has 0 spiro atoms. The second kappa shape index (κ2) is 17.0. The van der Waals surface area contributed by atoms with Crippen LogP contribution in [0.2, 0.25) is 0 Å². The molecular weight excluding hydrogens is 874 g/mol. The third-order valence-electron chi connectivity index (χ3n) is 14.7. The van der Waals surface area contributed by atoms with Crippen LogP contribution in [0.4, 0.5) is 45.5 Å². The number of hydrogen-bond acceptors (Lipinski definition) is 4. The molecule has 5 heteroatoms. The fraction of sp³-hybridized carbons (Fsp3) is 0.0149. The van der Waals surface area contributed by atoms with E-state index < -0.39 is 0 Å². The van der Waals surface area contributed by atoms with Gasteiger partial charge in [0.15, 0.2) is 0 Å². The van der Waals surface area contributed by atoms with Crippen molar-refractivity contribution in [2.75, 3.05) is 14.6 Å². The normalized spacial score (nSPS) is 12.4. The molecule has 0 radical (unpaired) electrons. The van der Waals surface area contributed by atoms with Crippen molar-refractivity contribution in [1.29, 1.82) is 0 Å². The Kier molecular flexibility index (Phi) is 9.82. The molecule has 4 nitrogen and oxygen atoms in total. The highest BCUT2D eigenvalue weighted by Crippen LogP contribution is 2.52. The fourth-order valence-electron chi connectivity index (χ4n) is 11.4. The van der Waals surface area contributed by atoms with Crippen molar-refractivity contribution >= 4 is 85.2 Å². The lowest BCUT2D eigenvalue weighted by Crippen LogP contribution is -2.61. The summed E-state index contributed by atoms with van der Waals surface area (Å²) in [6.45, 7) is 2.01. The van der Waals surface area contributed by atoms with Gasteiger partial charge in [-0.1, -0.05) is 182 Å². The summed E-state index contributed by atoms with van der Waals surface area (Å²) in [5, 5.41) is 2.19. The molecule has 0 atom stereocenters. The highest BCUT2D eigenvalue weighted by molar-refractivity contribution is 6.94. The predicted octanol–water partition coefficient (Wildman–Crippen LogP) is 17.1. The van der Waals surface area contributed by atoms with Crippen molar-refractivity contribution in [3.05, 3.63) is 266 Å². The highest BCUT2D eigenvalue weighted by Gasteiger charge is 2.47. The van der Waals surface area contributed by atoms with E-state index in [0.717, 1.165) is 84.1 Å². The number of fused-ring (bicyclic) bond motifs is 8. The molecular formula is C67H46BN3O. The molecule has 1 aromatic heterocycles. The molecule has 14 rings (SSSR count). The smallest absolute Gasteiger partial charge is 0.333 e. The lowest BCUT2D eigenvalue weighted by atomic mass is 9.43. The molecule has 0 saturated carbocycles. The van der Waals surface area contributed by atoms with E-state index in [-0.39, 0.29) is 6.85 Å². The Bertz CT molecular complexity index is 3950. The number of anilines is 8. The molecule has 0 fully saturated rings. The number of benzene rings is 11. The molecule has 0 aliphatic carbocycles. The maximum atomic E-state index is 7.12. The van der Waals surface area contributed by atoms with Crippen LogP contribution in [0.25, 0.3) is 66.4 Å². The number of rotatable bonds is 8. The molecule has 0 N–H and O–H groups in total. The Labute approximate surface area is 420 Å². The van der Waals surface area contributed by atoms with E-state index in [4.69, 9.17) is 4.42 Å². The van der Waals surface area contributed by atoms with E-state index in [1.54, 1.807) is 0 Å². The number of hydrogen-bond donors (Lipinski definition) is 0. The molecule has 2 aliphatic heterocycles. The first-order valence-corrected chi connectivity index (χ1v) is 24.8. The molecule has 0 bridgehead atoms. The SMILES string of the molecule is Cc1cc(-c2ccccc2)ccc1N1c2cc(N(c3ccccc3)c3ccccc3)ccc2B2c3c1cc1c(oc4ccccc41)c3-c1ccc(-c3ccccc3)cc1N2c1ccc(-c2ccccc2)cc1. The third kappa shape index (κ3) is 6.77. The molecule has 0 saturated heterocycles. The number of nitrogens with zero attached hydrogens (tertiary/aromatic N) is 3. The Morgan fingerprint density at radius 1 is 0.389 bits per heavy atom. The van der Waals surface area contributed by atoms with Gasteiger partial charge in [-0.2, -0.15) is 0 Å². The van der Waals surface area contributed by atoms with E-state index >= 15 is 0 Å². The van der Waals surface area contributed by atoms with Gasteiger partial charge in [0.05, 0.1) is 0 Å². The highest BCUT2D eigenvalue weighted by atomic mass is 16.3. The summed E-state index contributed by atoms with van der Waals surface area (Å²) in [4.78, 5) is 7.53. The van der Waals surface area contributed by atoms with Crippen LogP contribution in [0, 0.1) is 6.92 Å². The van der Waals surface area contributed by atoms with Gasteiger partial charge in [0.25, 0.3) is 0 Å². The summed E-state index contributed by atoms with van der Waals surface area (Å²) in [6, 6.07) is 94.8. The lowest BCUT2D eigenvalue weighted by Gasteiger charge is -2.46. The number of aryl methyl sites for hydroxylation is 1. The van der Waals surface area contributed by atoms with Crippen LogP contribution in [0.1, 0.15) is 5.56 Å². The standard InChI is InChI=1S/C67H46BN3O/c1-45-41-50(47-21-9-3-10-22-47)34-40-60(45)70-62-43-55(69(52-25-13-5-14-26-52)53-27-15-6-16-28-53)37-39-59(62)68-66-63(70)44-58-56-29-17-18-30-64(56)72-67(58)65(66)57-38-33-51(48-23-11-4-12-24-48)42-61(57)71(68)54-35-31-49(32-36-54)46-19-7-2-8-20-46/h2-44H,1H3. The van der Waals surface area contributed by atoms with Crippen molar-refractivity contribution in [3.63, 3.8) is 0 Å². The second-order valence-electron chi connectivity index (χ2n) is 18.9. The van der Waals surface area contributed by atoms with E-state index in [9.17, 15) is 0 Å². The lowest BCUT2D eigenvalue weighted by molar-refractivity contribution is 0.670. The van der Waals surface area contributed by atoms with E-state index in [1.807, 2.05) is 0 Å². The van der Waals surface area contributed by atoms with Gasteiger partial charge in [-0.3, -0.25) is 0 Å². The van der Waals surface area contributed by atoms with Gasteiger partial charge in [-0.15, -0.1) is 0 Å². The minimum Gasteiger partial charge on any atom is -0.455 e. The van der Waals surface area contributed by atoms with Crippen LogP contribution in [-0.2, 0) is 0 Å². The first kappa shape index (κ1) is 41.6. The van der Waals surface area contributed by atoms with Gasteiger partial charge in [0.2, 0.25) is 0 Å². The Balaban J connectivity index is 1.09. The van der Waals surface area contributed by atoms with E-state index in [1.165, 1.54) is 44.3 Å². The average Bonchev–Trinajstić information content (AvgIpc) is 3.83. The fourth-order valence-corrected chi connectivity index (χ4v) is 11.4. The molecule has 72 heavy (non-hydrogen) atoms. The summed E-state index contributed by atoms with van der Waals surface area (Å²) in [5.41, 5.74) is 23.5. The summed E-state index contributed by atoms with van der Waals surface area (Å²) in [7, 11) is 0. The molecule has 12 aromatic rings. The summed E-state index contributed by atoms with van der Waals surface area (Å²) in [6.07, 6.45) is 0. The molecule has 2 aliphatic rings. The van der Waals surface area contributed by atoms with Crippen LogP contribution in [0.3, 0.4) is 0 Å². The second-order valence-corrected chi connectivity index (χ2v) is 18.9. The molecule has 338 valence electrons. The van der Waals surface area contributed by atoms with Gasteiger partial charge in [-0.25, -0.2) is 0 Å². The van der Waals surface area contributed by atoms with E-state index in [2.05, 4.69) is 282 Å².